The summed E-state index contributed by atoms with van der Waals surface area (Å²) in [5.74, 6) is 1.11. The summed E-state index contributed by atoms with van der Waals surface area (Å²) in [5.41, 5.74) is 0.928. The number of aryl methyl sites for hydroxylation is 2. The van der Waals surface area contributed by atoms with E-state index >= 15 is 0 Å². The standard InChI is InChI=1S/C12H11ClO2S/c1-3-8-4-5-9(15-8)11(14)10-6-7(2)12(13)16-10/h4-6H,3H2,1-2H3. The van der Waals surface area contributed by atoms with Crippen LogP contribution in [0.5, 0.6) is 0 Å². The van der Waals surface area contributed by atoms with Crippen molar-refractivity contribution in [1.29, 1.82) is 0 Å². The van der Waals surface area contributed by atoms with E-state index < -0.39 is 0 Å². The molecule has 0 aliphatic rings. The van der Waals surface area contributed by atoms with Gasteiger partial charge in [0.15, 0.2) is 5.76 Å². The Morgan fingerprint density at radius 2 is 2.25 bits per heavy atom. The normalized spacial score (nSPS) is 10.7. The number of carbonyl (C=O) groups excluding carboxylic acids is 1. The number of hydrogen-bond acceptors (Lipinski definition) is 3. The van der Waals surface area contributed by atoms with Crippen molar-refractivity contribution in [2.45, 2.75) is 20.3 Å². The summed E-state index contributed by atoms with van der Waals surface area (Å²) in [6.07, 6.45) is 0.789. The second-order valence-electron chi connectivity index (χ2n) is 3.52. The molecule has 2 aromatic heterocycles. The molecule has 0 fully saturated rings. The molecule has 2 aromatic rings. The van der Waals surface area contributed by atoms with Crippen LogP contribution in [0, 0.1) is 6.92 Å². The van der Waals surface area contributed by atoms with Gasteiger partial charge < -0.3 is 4.42 Å². The Balaban J connectivity index is 2.31. The number of halogens is 1. The van der Waals surface area contributed by atoms with Crippen molar-refractivity contribution in [2.24, 2.45) is 0 Å². The summed E-state index contributed by atoms with van der Waals surface area (Å²) in [5, 5.41) is 0. The third kappa shape index (κ3) is 2.06. The SMILES string of the molecule is CCc1ccc(C(=O)c2cc(C)c(Cl)s2)o1. The highest BCUT2D eigenvalue weighted by molar-refractivity contribution is 7.18. The molecule has 16 heavy (non-hydrogen) atoms. The number of ketones is 1. The van der Waals surface area contributed by atoms with Crippen LogP contribution in [0.15, 0.2) is 22.6 Å². The lowest BCUT2D eigenvalue weighted by Gasteiger charge is -1.92. The molecule has 0 radical (unpaired) electrons. The van der Waals surface area contributed by atoms with Crippen LogP contribution in [0.4, 0.5) is 0 Å². The minimum absolute atomic E-state index is 0.0975. The number of furan rings is 1. The van der Waals surface area contributed by atoms with Crippen LogP contribution in [0.1, 0.15) is 33.7 Å². The van der Waals surface area contributed by atoms with Gasteiger partial charge in [-0.15, -0.1) is 11.3 Å². The summed E-state index contributed by atoms with van der Waals surface area (Å²) in [6.45, 7) is 3.87. The molecule has 0 aromatic carbocycles. The summed E-state index contributed by atoms with van der Waals surface area (Å²) >= 11 is 7.22. The van der Waals surface area contributed by atoms with Gasteiger partial charge in [-0.1, -0.05) is 18.5 Å². The molecule has 0 saturated heterocycles. The van der Waals surface area contributed by atoms with E-state index in [1.54, 1.807) is 12.1 Å². The molecule has 0 unspecified atom stereocenters. The minimum atomic E-state index is -0.0975. The summed E-state index contributed by atoms with van der Waals surface area (Å²) in [7, 11) is 0. The van der Waals surface area contributed by atoms with Gasteiger partial charge in [-0.3, -0.25) is 4.79 Å². The van der Waals surface area contributed by atoms with Gasteiger partial charge >= 0.3 is 0 Å². The number of rotatable bonds is 3. The first kappa shape index (κ1) is 11.4. The van der Waals surface area contributed by atoms with Crippen LogP contribution >= 0.6 is 22.9 Å². The van der Waals surface area contributed by atoms with Gasteiger partial charge in [-0.25, -0.2) is 0 Å². The summed E-state index contributed by atoms with van der Waals surface area (Å²) in [4.78, 5) is 12.6. The van der Waals surface area contributed by atoms with E-state index in [1.165, 1.54) is 11.3 Å². The van der Waals surface area contributed by atoms with Gasteiger partial charge in [0.2, 0.25) is 5.78 Å². The fourth-order valence-electron chi connectivity index (χ4n) is 1.38. The average Bonchev–Trinajstić information content (AvgIpc) is 2.86. The molecule has 0 saturated carbocycles. The highest BCUT2D eigenvalue weighted by atomic mass is 35.5. The Morgan fingerprint density at radius 3 is 2.75 bits per heavy atom. The van der Waals surface area contributed by atoms with Crippen molar-refractivity contribution in [3.63, 3.8) is 0 Å². The molecule has 0 aliphatic heterocycles. The van der Waals surface area contributed by atoms with E-state index in [-0.39, 0.29) is 5.78 Å². The van der Waals surface area contributed by atoms with E-state index in [0.29, 0.717) is 15.0 Å². The third-order valence-corrected chi connectivity index (χ3v) is 3.87. The molecule has 84 valence electrons. The van der Waals surface area contributed by atoms with Gasteiger partial charge in [-0.05, 0) is 30.7 Å². The molecule has 0 aliphatic carbocycles. The average molecular weight is 255 g/mol. The lowest BCUT2D eigenvalue weighted by molar-refractivity contribution is 0.101. The van der Waals surface area contributed by atoms with Crippen molar-refractivity contribution in [3.8, 4) is 0 Å². The lowest BCUT2D eigenvalue weighted by atomic mass is 10.2. The van der Waals surface area contributed by atoms with Gasteiger partial charge in [-0.2, -0.15) is 0 Å². The topological polar surface area (TPSA) is 30.2 Å². The second kappa shape index (κ2) is 4.44. The van der Waals surface area contributed by atoms with Crippen LogP contribution in [0.3, 0.4) is 0 Å². The molecule has 2 nitrogen and oxygen atoms in total. The fraction of sp³-hybridized carbons (Fsp3) is 0.250. The third-order valence-electron chi connectivity index (χ3n) is 2.31. The molecule has 4 heteroatoms. The monoisotopic (exact) mass is 254 g/mol. The highest BCUT2D eigenvalue weighted by Gasteiger charge is 2.16. The fourth-order valence-corrected chi connectivity index (χ4v) is 2.53. The Bertz CT molecular complexity index is 505. The minimum Gasteiger partial charge on any atom is -0.458 e. The predicted octanol–water partition coefficient (Wildman–Crippen LogP) is 4.10. The largest absolute Gasteiger partial charge is 0.458 e. The van der Waals surface area contributed by atoms with E-state index in [9.17, 15) is 4.79 Å². The molecule has 2 rings (SSSR count). The van der Waals surface area contributed by atoms with Crippen molar-refractivity contribution in [3.05, 3.63) is 44.5 Å². The Morgan fingerprint density at radius 1 is 1.50 bits per heavy atom. The quantitative estimate of drug-likeness (QED) is 0.772. The lowest BCUT2D eigenvalue weighted by Crippen LogP contribution is -1.95. The molecule has 0 spiro atoms. The molecule has 0 amide bonds. The van der Waals surface area contributed by atoms with Crippen LogP contribution < -0.4 is 0 Å². The van der Waals surface area contributed by atoms with Crippen LogP contribution in [0.25, 0.3) is 0 Å². The second-order valence-corrected chi connectivity index (χ2v) is 5.17. The molecule has 0 bridgehead atoms. The Labute approximate surface area is 103 Å². The summed E-state index contributed by atoms with van der Waals surface area (Å²) < 4.78 is 6.07. The van der Waals surface area contributed by atoms with Crippen LogP contribution in [-0.2, 0) is 6.42 Å². The van der Waals surface area contributed by atoms with Crippen LogP contribution in [0.2, 0.25) is 4.34 Å². The first-order valence-electron chi connectivity index (χ1n) is 5.01. The van der Waals surface area contributed by atoms with Crippen LogP contribution in [-0.4, -0.2) is 5.78 Å². The van der Waals surface area contributed by atoms with Crippen molar-refractivity contribution < 1.29 is 9.21 Å². The first-order valence-corrected chi connectivity index (χ1v) is 6.20. The number of hydrogen-bond donors (Lipinski definition) is 0. The van der Waals surface area contributed by atoms with E-state index in [4.69, 9.17) is 16.0 Å². The zero-order valence-electron chi connectivity index (χ0n) is 9.04. The smallest absolute Gasteiger partial charge is 0.238 e. The predicted molar refractivity (Wildman–Crippen MR) is 65.6 cm³/mol. The van der Waals surface area contributed by atoms with Crippen molar-refractivity contribution in [2.75, 3.05) is 0 Å². The Kier molecular flexibility index (Phi) is 3.17. The zero-order valence-corrected chi connectivity index (χ0v) is 10.6. The van der Waals surface area contributed by atoms with Gasteiger partial charge in [0.1, 0.15) is 5.76 Å². The van der Waals surface area contributed by atoms with E-state index in [1.807, 2.05) is 19.9 Å². The van der Waals surface area contributed by atoms with Crippen molar-refractivity contribution in [1.82, 2.24) is 0 Å². The van der Waals surface area contributed by atoms with Gasteiger partial charge in [0.25, 0.3) is 0 Å². The molecule has 0 atom stereocenters. The summed E-state index contributed by atoms with van der Waals surface area (Å²) in [6, 6.07) is 5.34. The van der Waals surface area contributed by atoms with Gasteiger partial charge in [0, 0.05) is 6.42 Å². The van der Waals surface area contributed by atoms with Gasteiger partial charge in [0.05, 0.1) is 9.21 Å². The number of carbonyl (C=O) groups is 1. The first-order chi connectivity index (χ1) is 7.61. The van der Waals surface area contributed by atoms with Crippen molar-refractivity contribution >= 4 is 28.7 Å². The molecular weight excluding hydrogens is 244 g/mol. The Hall–Kier alpha value is -1.06. The highest BCUT2D eigenvalue weighted by Crippen LogP contribution is 2.28. The maximum Gasteiger partial charge on any atom is 0.238 e. The zero-order chi connectivity index (χ0) is 11.7. The number of thiophene rings is 1. The maximum absolute atomic E-state index is 12.0. The van der Waals surface area contributed by atoms with E-state index in [0.717, 1.165) is 17.7 Å². The van der Waals surface area contributed by atoms with E-state index in [2.05, 4.69) is 0 Å². The molecular formula is C12H11ClO2S. The molecule has 2 heterocycles. The maximum atomic E-state index is 12.0. The molecule has 0 N–H and O–H groups in total.